The minimum atomic E-state index is -0.250. The molecule has 0 heterocycles. The summed E-state index contributed by atoms with van der Waals surface area (Å²) in [4.78, 5) is 4.79. The third-order valence-electron chi connectivity index (χ3n) is 2.12. The van der Waals surface area contributed by atoms with E-state index in [2.05, 4.69) is 0 Å². The van der Waals surface area contributed by atoms with E-state index in [1.165, 1.54) is 12.8 Å². The molecule has 1 atom stereocenters. The maximum Gasteiger partial charge on any atom is 0.101 e. The Morgan fingerprint density at radius 1 is 1.67 bits per heavy atom. The van der Waals surface area contributed by atoms with Crippen LogP contribution >= 0.6 is 0 Å². The van der Waals surface area contributed by atoms with Crippen LogP contribution in [-0.4, -0.2) is 12.1 Å². The zero-order valence-electron chi connectivity index (χ0n) is 5.76. The fraction of sp³-hybridized carbons (Fsp3) is 1.00. The van der Waals surface area contributed by atoms with Crippen LogP contribution in [0.5, 0.6) is 0 Å². The fourth-order valence-corrected chi connectivity index (χ4v) is 1.00. The van der Waals surface area contributed by atoms with E-state index in [0.29, 0.717) is 12.5 Å². The third-order valence-corrected chi connectivity index (χ3v) is 2.12. The van der Waals surface area contributed by atoms with Crippen molar-refractivity contribution in [2.45, 2.75) is 25.4 Å². The molecule has 0 saturated heterocycles. The van der Waals surface area contributed by atoms with Gasteiger partial charge >= 0.3 is 0 Å². The van der Waals surface area contributed by atoms with Crippen molar-refractivity contribution in [3.63, 3.8) is 0 Å². The molecule has 1 aliphatic rings. The molecule has 3 nitrogen and oxygen atoms in total. The lowest BCUT2D eigenvalue weighted by Crippen LogP contribution is -2.41. The first-order valence-corrected chi connectivity index (χ1v) is 3.31. The second-order valence-electron chi connectivity index (χ2n) is 2.91. The maximum absolute atomic E-state index is 5.45. The van der Waals surface area contributed by atoms with Crippen molar-refractivity contribution in [2.24, 2.45) is 17.5 Å². The molecule has 0 radical (unpaired) electrons. The molecule has 1 rings (SSSR count). The van der Waals surface area contributed by atoms with Gasteiger partial charge in [0.15, 0.2) is 0 Å². The predicted molar refractivity (Wildman–Crippen MR) is 35.5 cm³/mol. The van der Waals surface area contributed by atoms with Gasteiger partial charge in [-0.25, -0.2) is 5.90 Å². The Hall–Kier alpha value is -0.120. The molecular weight excluding hydrogens is 116 g/mol. The molecule has 0 aromatic rings. The first-order chi connectivity index (χ1) is 4.23. The fourth-order valence-electron chi connectivity index (χ4n) is 1.00. The molecule has 0 aromatic carbocycles. The predicted octanol–water partition coefficient (Wildman–Crippen LogP) is 0.00410. The highest BCUT2D eigenvalue weighted by molar-refractivity contribution is 4.92. The van der Waals surface area contributed by atoms with Gasteiger partial charge in [0.1, 0.15) is 5.60 Å². The Labute approximate surface area is 55.3 Å². The van der Waals surface area contributed by atoms with Gasteiger partial charge in [0.05, 0.1) is 0 Å². The molecule has 0 aliphatic heterocycles. The zero-order chi connectivity index (χ0) is 6.91. The van der Waals surface area contributed by atoms with Crippen LogP contribution in [0.4, 0.5) is 0 Å². The summed E-state index contributed by atoms with van der Waals surface area (Å²) in [6.07, 6.45) is 2.43. The molecule has 1 saturated carbocycles. The highest BCUT2D eigenvalue weighted by atomic mass is 16.6. The standard InChI is InChI=1S/C6H14N2O/c1-6(4-7,9-8)5-2-3-5/h5H,2-4,7-8H2,1H3. The van der Waals surface area contributed by atoms with Crippen LogP contribution in [0.25, 0.3) is 0 Å². The topological polar surface area (TPSA) is 61.3 Å². The van der Waals surface area contributed by atoms with Crippen LogP contribution in [0.2, 0.25) is 0 Å². The van der Waals surface area contributed by atoms with E-state index in [4.69, 9.17) is 16.5 Å². The highest BCUT2D eigenvalue weighted by Gasteiger charge is 2.41. The average molecular weight is 130 g/mol. The van der Waals surface area contributed by atoms with Crippen molar-refractivity contribution in [3.8, 4) is 0 Å². The van der Waals surface area contributed by atoms with Crippen LogP contribution < -0.4 is 11.6 Å². The molecule has 4 N–H and O–H groups in total. The van der Waals surface area contributed by atoms with Gasteiger partial charge in [-0.2, -0.15) is 0 Å². The van der Waals surface area contributed by atoms with Gasteiger partial charge in [0.2, 0.25) is 0 Å². The molecule has 9 heavy (non-hydrogen) atoms. The lowest BCUT2D eigenvalue weighted by molar-refractivity contribution is -0.0434. The van der Waals surface area contributed by atoms with E-state index in [1.54, 1.807) is 0 Å². The van der Waals surface area contributed by atoms with E-state index in [0.717, 1.165) is 0 Å². The monoisotopic (exact) mass is 130 g/mol. The number of rotatable bonds is 3. The second kappa shape index (κ2) is 2.25. The Balaban J connectivity index is 2.43. The Morgan fingerprint density at radius 3 is 2.33 bits per heavy atom. The molecule has 1 aliphatic carbocycles. The van der Waals surface area contributed by atoms with Gasteiger partial charge in [0.25, 0.3) is 0 Å². The van der Waals surface area contributed by atoms with Crippen LogP contribution in [0.1, 0.15) is 19.8 Å². The summed E-state index contributed by atoms with van der Waals surface area (Å²) < 4.78 is 0. The summed E-state index contributed by atoms with van der Waals surface area (Å²) in [7, 11) is 0. The minimum absolute atomic E-state index is 0.250. The van der Waals surface area contributed by atoms with E-state index < -0.39 is 0 Å². The average Bonchev–Trinajstić information content (AvgIpc) is 2.68. The number of nitrogens with two attached hydrogens (primary N) is 2. The largest absolute Gasteiger partial charge is 0.328 e. The normalized spacial score (nSPS) is 25.7. The molecule has 1 unspecified atom stereocenters. The zero-order valence-corrected chi connectivity index (χ0v) is 5.76. The quantitative estimate of drug-likeness (QED) is 0.529. The smallest absolute Gasteiger partial charge is 0.101 e. The summed E-state index contributed by atoms with van der Waals surface area (Å²) in [5, 5.41) is 0. The SMILES string of the molecule is CC(CN)(ON)C1CC1. The minimum Gasteiger partial charge on any atom is -0.328 e. The lowest BCUT2D eigenvalue weighted by atomic mass is 10.0. The van der Waals surface area contributed by atoms with Gasteiger partial charge in [-0.15, -0.1) is 0 Å². The first kappa shape index (κ1) is 6.99. The van der Waals surface area contributed by atoms with E-state index >= 15 is 0 Å². The maximum atomic E-state index is 5.45. The van der Waals surface area contributed by atoms with E-state index in [9.17, 15) is 0 Å². The molecule has 0 spiro atoms. The van der Waals surface area contributed by atoms with Gasteiger partial charge in [0, 0.05) is 6.54 Å². The van der Waals surface area contributed by atoms with Crippen molar-refractivity contribution in [3.05, 3.63) is 0 Å². The Bertz CT molecular complexity index is 97.2. The number of hydrogen-bond acceptors (Lipinski definition) is 3. The van der Waals surface area contributed by atoms with Crippen LogP contribution in [0.3, 0.4) is 0 Å². The molecule has 3 heteroatoms. The van der Waals surface area contributed by atoms with Crippen molar-refractivity contribution in [1.82, 2.24) is 0 Å². The Morgan fingerprint density at radius 2 is 2.22 bits per heavy atom. The second-order valence-corrected chi connectivity index (χ2v) is 2.91. The summed E-state index contributed by atoms with van der Waals surface area (Å²) in [6, 6.07) is 0. The van der Waals surface area contributed by atoms with Crippen molar-refractivity contribution < 1.29 is 4.84 Å². The van der Waals surface area contributed by atoms with Crippen LogP contribution in [0, 0.1) is 5.92 Å². The lowest BCUT2D eigenvalue weighted by Gasteiger charge is -2.24. The third kappa shape index (κ3) is 1.23. The number of hydrogen-bond donors (Lipinski definition) is 2. The molecule has 1 fully saturated rings. The van der Waals surface area contributed by atoms with E-state index in [1.807, 2.05) is 6.92 Å². The molecule has 0 bridgehead atoms. The van der Waals surface area contributed by atoms with Crippen LogP contribution in [-0.2, 0) is 4.84 Å². The van der Waals surface area contributed by atoms with Crippen LogP contribution in [0.15, 0.2) is 0 Å². The van der Waals surface area contributed by atoms with Gasteiger partial charge in [-0.05, 0) is 25.7 Å². The molecule has 54 valence electrons. The van der Waals surface area contributed by atoms with Crippen molar-refractivity contribution >= 4 is 0 Å². The van der Waals surface area contributed by atoms with Crippen molar-refractivity contribution in [2.75, 3.05) is 6.54 Å². The Kier molecular flexibility index (Phi) is 1.75. The van der Waals surface area contributed by atoms with E-state index in [-0.39, 0.29) is 5.60 Å². The van der Waals surface area contributed by atoms with Gasteiger partial charge in [-0.1, -0.05) is 0 Å². The first-order valence-electron chi connectivity index (χ1n) is 3.31. The highest BCUT2D eigenvalue weighted by Crippen LogP contribution is 2.40. The molecular formula is C6H14N2O. The summed E-state index contributed by atoms with van der Waals surface area (Å²) >= 11 is 0. The van der Waals surface area contributed by atoms with Gasteiger partial charge in [-0.3, -0.25) is 4.84 Å². The van der Waals surface area contributed by atoms with Gasteiger partial charge < -0.3 is 5.73 Å². The van der Waals surface area contributed by atoms with Crippen molar-refractivity contribution in [1.29, 1.82) is 0 Å². The molecule has 0 amide bonds. The summed E-state index contributed by atoms with van der Waals surface area (Å²) in [6.45, 7) is 2.48. The summed E-state index contributed by atoms with van der Waals surface area (Å²) in [5.74, 6) is 5.68. The summed E-state index contributed by atoms with van der Waals surface area (Å²) in [5.41, 5.74) is 5.20. The molecule has 0 aromatic heterocycles.